The second-order valence-corrected chi connectivity index (χ2v) is 4.07. The normalized spacial score (nSPS) is 14.7. The molecule has 6 heteroatoms. The summed E-state index contributed by atoms with van der Waals surface area (Å²) >= 11 is 0. The Bertz CT molecular complexity index is 550. The minimum absolute atomic E-state index is 0.120. The molecule has 0 N–H and O–H groups in total. The molecule has 0 radical (unpaired) electrons. The number of carbonyl (C=O) groups is 1. The van der Waals surface area contributed by atoms with E-state index in [0.717, 1.165) is 5.57 Å². The minimum Gasteiger partial charge on any atom is -0.465 e. The number of rotatable bonds is 3. The highest BCUT2D eigenvalue weighted by molar-refractivity contribution is 5.91. The summed E-state index contributed by atoms with van der Waals surface area (Å²) in [6.07, 6.45) is 2.53. The first-order valence-corrected chi connectivity index (χ1v) is 5.77. The first-order valence-electron chi connectivity index (χ1n) is 5.77. The Balaban J connectivity index is 2.47. The third-order valence-electron chi connectivity index (χ3n) is 2.88. The fourth-order valence-electron chi connectivity index (χ4n) is 1.93. The van der Waals surface area contributed by atoms with Gasteiger partial charge in [0.15, 0.2) is 0 Å². The molecule has 0 atom stereocenters. The summed E-state index contributed by atoms with van der Waals surface area (Å²) in [6.45, 7) is 1.05. The molecule has 0 spiro atoms. The molecule has 0 unspecified atom stereocenters. The van der Waals surface area contributed by atoms with Crippen LogP contribution in [0.15, 0.2) is 24.3 Å². The van der Waals surface area contributed by atoms with Crippen molar-refractivity contribution in [1.82, 2.24) is 0 Å². The predicted octanol–water partition coefficient (Wildman–Crippen LogP) is 2.19. The molecule has 1 aromatic rings. The maximum Gasteiger partial charge on any atom is 0.338 e. The number of ether oxygens (including phenoxy) is 2. The number of hydrogen-bond donors (Lipinski definition) is 0. The first-order chi connectivity index (χ1) is 9.11. The van der Waals surface area contributed by atoms with Gasteiger partial charge in [0.25, 0.3) is 5.69 Å². The number of non-ortho nitro benzene ring substituents is 1. The number of esters is 1. The van der Waals surface area contributed by atoms with Gasteiger partial charge in [-0.1, -0.05) is 6.08 Å². The highest BCUT2D eigenvalue weighted by atomic mass is 16.6. The van der Waals surface area contributed by atoms with Crippen molar-refractivity contribution in [1.29, 1.82) is 0 Å². The van der Waals surface area contributed by atoms with Crippen LogP contribution in [-0.4, -0.2) is 31.2 Å². The van der Waals surface area contributed by atoms with Gasteiger partial charge in [-0.05, 0) is 23.6 Å². The fourth-order valence-corrected chi connectivity index (χ4v) is 1.93. The molecule has 0 fully saturated rings. The average Bonchev–Trinajstić information content (AvgIpc) is 2.46. The SMILES string of the molecule is COC(=O)c1cc(C2=CCOCC2)cc([N+](=O)[O-])c1. The number of carbonyl (C=O) groups excluding carboxylic acids is 1. The third-order valence-corrected chi connectivity index (χ3v) is 2.88. The molecular formula is C13H13NO5. The number of methoxy groups -OCH3 is 1. The third kappa shape index (κ3) is 2.97. The van der Waals surface area contributed by atoms with Gasteiger partial charge in [-0.2, -0.15) is 0 Å². The van der Waals surface area contributed by atoms with Crippen LogP contribution < -0.4 is 0 Å². The summed E-state index contributed by atoms with van der Waals surface area (Å²) in [4.78, 5) is 21.9. The lowest BCUT2D eigenvalue weighted by Crippen LogP contribution is -2.07. The van der Waals surface area contributed by atoms with Crippen LogP contribution in [0.5, 0.6) is 0 Å². The van der Waals surface area contributed by atoms with E-state index in [9.17, 15) is 14.9 Å². The van der Waals surface area contributed by atoms with E-state index in [1.54, 1.807) is 6.07 Å². The summed E-state index contributed by atoms with van der Waals surface area (Å²) in [5.74, 6) is -0.586. The standard InChI is InChI=1S/C13H13NO5/c1-18-13(15)11-6-10(7-12(8-11)14(16)17)9-2-4-19-5-3-9/h2,6-8H,3-5H2,1H3. The van der Waals surface area contributed by atoms with Crippen molar-refractivity contribution in [2.24, 2.45) is 0 Å². The Labute approximate surface area is 109 Å². The zero-order chi connectivity index (χ0) is 13.8. The van der Waals surface area contributed by atoms with Gasteiger partial charge in [0, 0.05) is 12.1 Å². The Kier molecular flexibility index (Phi) is 3.91. The quantitative estimate of drug-likeness (QED) is 0.474. The van der Waals surface area contributed by atoms with E-state index in [1.165, 1.54) is 19.2 Å². The minimum atomic E-state index is -0.586. The Morgan fingerprint density at radius 1 is 1.42 bits per heavy atom. The van der Waals surface area contributed by atoms with Crippen LogP contribution in [0.3, 0.4) is 0 Å². The van der Waals surface area contributed by atoms with Crippen molar-refractivity contribution < 1.29 is 19.2 Å². The molecule has 0 bridgehead atoms. The van der Waals surface area contributed by atoms with Gasteiger partial charge in [0.05, 0.1) is 30.8 Å². The van der Waals surface area contributed by atoms with E-state index in [-0.39, 0.29) is 11.3 Å². The van der Waals surface area contributed by atoms with Crippen LogP contribution in [-0.2, 0) is 9.47 Å². The fraction of sp³-hybridized carbons (Fsp3) is 0.308. The Morgan fingerprint density at radius 3 is 2.79 bits per heavy atom. The monoisotopic (exact) mass is 263 g/mol. The zero-order valence-corrected chi connectivity index (χ0v) is 10.4. The molecule has 1 aromatic carbocycles. The van der Waals surface area contributed by atoms with Gasteiger partial charge < -0.3 is 9.47 Å². The van der Waals surface area contributed by atoms with Gasteiger partial charge >= 0.3 is 5.97 Å². The van der Waals surface area contributed by atoms with Crippen LogP contribution in [0.1, 0.15) is 22.3 Å². The van der Waals surface area contributed by atoms with E-state index in [1.807, 2.05) is 6.08 Å². The summed E-state index contributed by atoms with van der Waals surface area (Å²) in [7, 11) is 1.24. The van der Waals surface area contributed by atoms with E-state index < -0.39 is 10.9 Å². The van der Waals surface area contributed by atoms with E-state index in [4.69, 9.17) is 4.74 Å². The molecule has 0 saturated heterocycles. The summed E-state index contributed by atoms with van der Waals surface area (Å²) in [5.41, 5.74) is 1.67. The molecule has 0 amide bonds. The molecular weight excluding hydrogens is 250 g/mol. The van der Waals surface area contributed by atoms with Gasteiger partial charge in [0.1, 0.15) is 0 Å². The Morgan fingerprint density at radius 2 is 2.21 bits per heavy atom. The van der Waals surface area contributed by atoms with E-state index >= 15 is 0 Å². The van der Waals surface area contributed by atoms with E-state index in [0.29, 0.717) is 25.2 Å². The summed E-state index contributed by atoms with van der Waals surface area (Å²) < 4.78 is 9.80. The molecule has 0 aromatic heterocycles. The van der Waals surface area contributed by atoms with Crippen LogP contribution in [0.25, 0.3) is 5.57 Å². The van der Waals surface area contributed by atoms with Crippen molar-refractivity contribution in [2.45, 2.75) is 6.42 Å². The molecule has 1 aliphatic rings. The lowest BCUT2D eigenvalue weighted by molar-refractivity contribution is -0.384. The Hall–Kier alpha value is -2.21. The molecule has 1 heterocycles. The molecule has 19 heavy (non-hydrogen) atoms. The number of nitro groups is 1. The lowest BCUT2D eigenvalue weighted by Gasteiger charge is -2.14. The molecule has 6 nitrogen and oxygen atoms in total. The van der Waals surface area contributed by atoms with Crippen LogP contribution in [0.4, 0.5) is 5.69 Å². The lowest BCUT2D eigenvalue weighted by atomic mass is 9.98. The maximum atomic E-state index is 11.5. The average molecular weight is 263 g/mol. The molecule has 100 valence electrons. The second kappa shape index (κ2) is 5.62. The predicted molar refractivity (Wildman–Crippen MR) is 67.8 cm³/mol. The zero-order valence-electron chi connectivity index (χ0n) is 10.4. The number of benzene rings is 1. The highest BCUT2D eigenvalue weighted by Crippen LogP contribution is 2.26. The van der Waals surface area contributed by atoms with Gasteiger partial charge in [-0.15, -0.1) is 0 Å². The largest absolute Gasteiger partial charge is 0.465 e. The smallest absolute Gasteiger partial charge is 0.338 e. The van der Waals surface area contributed by atoms with Crippen molar-refractivity contribution in [3.05, 3.63) is 45.5 Å². The maximum absolute atomic E-state index is 11.5. The molecule has 2 rings (SSSR count). The van der Waals surface area contributed by atoms with Crippen molar-refractivity contribution in [2.75, 3.05) is 20.3 Å². The number of nitrogens with zero attached hydrogens (tertiary/aromatic N) is 1. The van der Waals surface area contributed by atoms with Gasteiger partial charge in [-0.3, -0.25) is 10.1 Å². The van der Waals surface area contributed by atoms with E-state index in [2.05, 4.69) is 4.74 Å². The second-order valence-electron chi connectivity index (χ2n) is 4.07. The highest BCUT2D eigenvalue weighted by Gasteiger charge is 2.17. The number of nitro benzene ring substituents is 1. The van der Waals surface area contributed by atoms with Gasteiger partial charge in [-0.25, -0.2) is 4.79 Å². The summed E-state index contributed by atoms with van der Waals surface area (Å²) in [6, 6.07) is 4.29. The van der Waals surface area contributed by atoms with Crippen LogP contribution in [0.2, 0.25) is 0 Å². The van der Waals surface area contributed by atoms with Gasteiger partial charge in [0.2, 0.25) is 0 Å². The topological polar surface area (TPSA) is 78.7 Å². The molecule has 0 saturated carbocycles. The van der Waals surface area contributed by atoms with Crippen LogP contribution >= 0.6 is 0 Å². The first kappa shape index (κ1) is 13.2. The summed E-state index contributed by atoms with van der Waals surface area (Å²) in [5, 5.41) is 10.9. The number of hydrogen-bond acceptors (Lipinski definition) is 5. The molecule has 1 aliphatic heterocycles. The van der Waals surface area contributed by atoms with Crippen molar-refractivity contribution >= 4 is 17.2 Å². The van der Waals surface area contributed by atoms with Crippen molar-refractivity contribution in [3.63, 3.8) is 0 Å². The molecule has 0 aliphatic carbocycles. The van der Waals surface area contributed by atoms with Crippen molar-refractivity contribution in [3.8, 4) is 0 Å². The van der Waals surface area contributed by atoms with Crippen LogP contribution in [0, 0.1) is 10.1 Å².